The van der Waals surface area contributed by atoms with Crippen LogP contribution in [0.3, 0.4) is 0 Å². The lowest BCUT2D eigenvalue weighted by Gasteiger charge is -2.26. The van der Waals surface area contributed by atoms with Crippen molar-refractivity contribution in [2.75, 3.05) is 30.7 Å². The summed E-state index contributed by atoms with van der Waals surface area (Å²) in [6.07, 6.45) is 3.47. The second-order valence-electron chi connectivity index (χ2n) is 5.63. The second kappa shape index (κ2) is 7.64. The molecule has 0 aliphatic carbocycles. The lowest BCUT2D eigenvalue weighted by Crippen LogP contribution is -2.36. The monoisotopic (exact) mass is 330 g/mol. The van der Waals surface area contributed by atoms with Gasteiger partial charge in [0, 0.05) is 25.0 Å². The van der Waals surface area contributed by atoms with E-state index < -0.39 is 0 Å². The standard InChI is InChI=1S/C17H22N4OS/c1-2-18-16-13-8-4-5-9-14(13)19-17(20-16)23-12-15(22)21-10-6-3-7-11-21/h4-5,8-9H,2-3,6-7,10-12H2,1H3,(H,18,19,20). The van der Waals surface area contributed by atoms with Crippen LogP contribution in [-0.2, 0) is 4.79 Å². The predicted octanol–water partition coefficient (Wildman–Crippen LogP) is 3.17. The molecular weight excluding hydrogens is 308 g/mol. The normalized spacial score (nSPS) is 14.9. The number of para-hydroxylation sites is 1. The number of likely N-dealkylation sites (tertiary alicyclic amines) is 1. The van der Waals surface area contributed by atoms with Crippen LogP contribution in [0, 0.1) is 0 Å². The van der Waals surface area contributed by atoms with Crippen molar-refractivity contribution in [3.63, 3.8) is 0 Å². The molecule has 1 amide bonds. The van der Waals surface area contributed by atoms with Crippen LogP contribution in [0.2, 0.25) is 0 Å². The number of amides is 1. The number of aromatic nitrogens is 2. The minimum absolute atomic E-state index is 0.191. The smallest absolute Gasteiger partial charge is 0.233 e. The zero-order valence-corrected chi connectivity index (χ0v) is 14.2. The Morgan fingerprint density at radius 2 is 2.00 bits per heavy atom. The molecule has 1 aliphatic heterocycles. The van der Waals surface area contributed by atoms with Gasteiger partial charge in [-0.3, -0.25) is 4.79 Å². The zero-order chi connectivity index (χ0) is 16.1. The molecule has 0 unspecified atom stereocenters. The third-order valence-corrected chi connectivity index (χ3v) is 4.79. The molecule has 1 N–H and O–H groups in total. The minimum Gasteiger partial charge on any atom is -0.370 e. The third kappa shape index (κ3) is 3.93. The number of piperidine rings is 1. The topological polar surface area (TPSA) is 58.1 Å². The first kappa shape index (κ1) is 16.1. The van der Waals surface area contributed by atoms with Crippen LogP contribution in [-0.4, -0.2) is 46.2 Å². The van der Waals surface area contributed by atoms with Crippen LogP contribution >= 0.6 is 11.8 Å². The number of hydrogen-bond acceptors (Lipinski definition) is 5. The van der Waals surface area contributed by atoms with Crippen LogP contribution in [0.15, 0.2) is 29.4 Å². The van der Waals surface area contributed by atoms with Gasteiger partial charge in [-0.2, -0.15) is 0 Å². The Labute approximate surface area is 140 Å². The van der Waals surface area contributed by atoms with E-state index in [1.165, 1.54) is 18.2 Å². The molecule has 0 saturated carbocycles. The summed E-state index contributed by atoms with van der Waals surface area (Å²) in [5.74, 6) is 1.44. The van der Waals surface area contributed by atoms with Crippen LogP contribution < -0.4 is 5.32 Å². The molecule has 0 atom stereocenters. The summed E-state index contributed by atoms with van der Waals surface area (Å²) < 4.78 is 0. The van der Waals surface area contributed by atoms with Crippen LogP contribution in [0.4, 0.5) is 5.82 Å². The predicted molar refractivity (Wildman–Crippen MR) is 94.9 cm³/mol. The first-order valence-corrected chi connectivity index (χ1v) is 9.17. The van der Waals surface area contributed by atoms with Gasteiger partial charge in [-0.15, -0.1) is 0 Å². The van der Waals surface area contributed by atoms with Crippen molar-refractivity contribution >= 4 is 34.4 Å². The largest absolute Gasteiger partial charge is 0.370 e. The van der Waals surface area contributed by atoms with Gasteiger partial charge in [0.2, 0.25) is 5.91 Å². The molecule has 1 fully saturated rings. The van der Waals surface area contributed by atoms with E-state index in [0.717, 1.165) is 49.2 Å². The molecule has 0 radical (unpaired) electrons. The highest BCUT2D eigenvalue weighted by Crippen LogP contribution is 2.24. The maximum Gasteiger partial charge on any atom is 0.233 e. The molecule has 0 spiro atoms. The zero-order valence-electron chi connectivity index (χ0n) is 13.4. The van der Waals surface area contributed by atoms with Crippen molar-refractivity contribution in [3.05, 3.63) is 24.3 Å². The summed E-state index contributed by atoms with van der Waals surface area (Å²) in [6, 6.07) is 7.95. The average Bonchev–Trinajstić information content (AvgIpc) is 2.61. The summed E-state index contributed by atoms with van der Waals surface area (Å²) in [6.45, 7) is 4.63. The number of hydrogen-bond donors (Lipinski definition) is 1. The van der Waals surface area contributed by atoms with Gasteiger partial charge < -0.3 is 10.2 Å². The number of carbonyl (C=O) groups is 1. The molecule has 1 aromatic carbocycles. The molecule has 23 heavy (non-hydrogen) atoms. The van der Waals surface area contributed by atoms with Gasteiger partial charge in [0.25, 0.3) is 0 Å². The van der Waals surface area contributed by atoms with Gasteiger partial charge in [-0.25, -0.2) is 9.97 Å². The molecule has 6 heteroatoms. The SMILES string of the molecule is CCNc1nc(SCC(=O)N2CCCCC2)nc2ccccc12. The number of nitrogens with one attached hydrogen (secondary N) is 1. The molecule has 122 valence electrons. The number of thioether (sulfide) groups is 1. The quantitative estimate of drug-likeness (QED) is 0.674. The van der Waals surface area contributed by atoms with Gasteiger partial charge in [0.05, 0.1) is 11.3 Å². The molecule has 1 saturated heterocycles. The van der Waals surface area contributed by atoms with Gasteiger partial charge in [0.1, 0.15) is 5.82 Å². The van der Waals surface area contributed by atoms with E-state index in [-0.39, 0.29) is 5.91 Å². The lowest BCUT2D eigenvalue weighted by molar-refractivity contribution is -0.129. The van der Waals surface area contributed by atoms with Gasteiger partial charge in [-0.1, -0.05) is 23.9 Å². The molecule has 2 heterocycles. The number of nitrogens with zero attached hydrogens (tertiary/aromatic N) is 3. The summed E-state index contributed by atoms with van der Waals surface area (Å²) >= 11 is 1.42. The van der Waals surface area contributed by atoms with Gasteiger partial charge in [-0.05, 0) is 38.3 Å². The molecule has 3 rings (SSSR count). The molecule has 1 aliphatic rings. The van der Waals surface area contributed by atoms with E-state index in [4.69, 9.17) is 0 Å². The fourth-order valence-electron chi connectivity index (χ4n) is 2.78. The van der Waals surface area contributed by atoms with E-state index >= 15 is 0 Å². The fraction of sp³-hybridized carbons (Fsp3) is 0.471. The van der Waals surface area contributed by atoms with Crippen molar-refractivity contribution in [1.82, 2.24) is 14.9 Å². The van der Waals surface area contributed by atoms with Gasteiger partial charge >= 0.3 is 0 Å². The lowest BCUT2D eigenvalue weighted by atomic mass is 10.1. The van der Waals surface area contributed by atoms with Crippen molar-refractivity contribution in [2.45, 2.75) is 31.3 Å². The Kier molecular flexibility index (Phi) is 5.33. The first-order valence-electron chi connectivity index (χ1n) is 8.19. The Balaban J connectivity index is 1.73. The molecule has 5 nitrogen and oxygen atoms in total. The summed E-state index contributed by atoms with van der Waals surface area (Å²) in [5.41, 5.74) is 0.909. The van der Waals surface area contributed by atoms with Crippen molar-refractivity contribution in [1.29, 1.82) is 0 Å². The summed E-state index contributed by atoms with van der Waals surface area (Å²) in [5, 5.41) is 4.95. The minimum atomic E-state index is 0.191. The average molecular weight is 330 g/mol. The number of fused-ring (bicyclic) bond motifs is 1. The second-order valence-corrected chi connectivity index (χ2v) is 6.57. The van der Waals surface area contributed by atoms with E-state index in [1.54, 1.807) is 0 Å². The number of rotatable bonds is 5. The highest BCUT2D eigenvalue weighted by Gasteiger charge is 2.17. The first-order chi connectivity index (χ1) is 11.3. The highest BCUT2D eigenvalue weighted by molar-refractivity contribution is 7.99. The van der Waals surface area contributed by atoms with Crippen molar-refractivity contribution in [2.24, 2.45) is 0 Å². The van der Waals surface area contributed by atoms with Crippen LogP contribution in [0.1, 0.15) is 26.2 Å². The Bertz CT molecular complexity index is 685. The molecular formula is C17H22N4OS. The molecule has 0 bridgehead atoms. The van der Waals surface area contributed by atoms with Crippen LogP contribution in [0.25, 0.3) is 10.9 Å². The molecule has 1 aromatic heterocycles. The number of benzene rings is 1. The van der Waals surface area contributed by atoms with Crippen LogP contribution in [0.5, 0.6) is 0 Å². The summed E-state index contributed by atoms with van der Waals surface area (Å²) in [7, 11) is 0. The fourth-order valence-corrected chi connectivity index (χ4v) is 3.54. The van der Waals surface area contributed by atoms with Crippen molar-refractivity contribution in [3.8, 4) is 0 Å². The number of carbonyl (C=O) groups excluding carboxylic acids is 1. The maximum absolute atomic E-state index is 12.3. The van der Waals surface area contributed by atoms with Crippen molar-refractivity contribution < 1.29 is 4.79 Å². The molecule has 2 aromatic rings. The number of anilines is 1. The Hall–Kier alpha value is -1.82. The summed E-state index contributed by atoms with van der Waals surface area (Å²) in [4.78, 5) is 23.4. The van der Waals surface area contributed by atoms with E-state index in [2.05, 4.69) is 15.3 Å². The Morgan fingerprint density at radius 1 is 1.22 bits per heavy atom. The third-order valence-electron chi connectivity index (χ3n) is 3.96. The van der Waals surface area contributed by atoms with E-state index in [0.29, 0.717) is 10.9 Å². The van der Waals surface area contributed by atoms with Gasteiger partial charge in [0.15, 0.2) is 5.16 Å². The Morgan fingerprint density at radius 3 is 2.78 bits per heavy atom. The van der Waals surface area contributed by atoms with E-state index in [9.17, 15) is 4.79 Å². The maximum atomic E-state index is 12.3. The highest BCUT2D eigenvalue weighted by atomic mass is 32.2. The van der Waals surface area contributed by atoms with E-state index in [1.807, 2.05) is 36.1 Å².